The minimum atomic E-state index is 0.0622. The number of nitrogens with one attached hydrogen (secondary N) is 2. The van der Waals surface area contributed by atoms with Crippen molar-refractivity contribution in [3.8, 4) is 0 Å². The lowest BCUT2D eigenvalue weighted by molar-refractivity contribution is 0.208. The predicted octanol–water partition coefficient (Wildman–Crippen LogP) is 2.73. The first kappa shape index (κ1) is 17.2. The van der Waals surface area contributed by atoms with Gasteiger partial charge in [-0.15, -0.1) is 11.8 Å². The summed E-state index contributed by atoms with van der Waals surface area (Å²) in [5, 5.41) is 6.55. The third-order valence-corrected chi connectivity index (χ3v) is 4.88. The van der Waals surface area contributed by atoms with Crippen LogP contribution in [-0.4, -0.2) is 48.9 Å². The Morgan fingerprint density at radius 1 is 1.45 bits per heavy atom. The molecule has 2 amide bonds. The summed E-state index contributed by atoms with van der Waals surface area (Å²) in [5.41, 5.74) is 1.40. The van der Waals surface area contributed by atoms with Gasteiger partial charge in [0.05, 0.1) is 0 Å². The van der Waals surface area contributed by atoms with Crippen molar-refractivity contribution in [2.75, 3.05) is 25.9 Å². The number of thioether (sulfide) groups is 1. The number of likely N-dealkylation sites (tertiary alicyclic amines) is 1. The molecule has 1 saturated heterocycles. The van der Waals surface area contributed by atoms with Crippen molar-refractivity contribution < 1.29 is 4.79 Å². The van der Waals surface area contributed by atoms with E-state index in [1.807, 2.05) is 11.8 Å². The zero-order valence-corrected chi connectivity index (χ0v) is 14.6. The second kappa shape index (κ2) is 8.44. The Morgan fingerprint density at radius 2 is 2.23 bits per heavy atom. The van der Waals surface area contributed by atoms with E-state index in [1.165, 1.54) is 10.5 Å². The Labute approximate surface area is 138 Å². The van der Waals surface area contributed by atoms with Gasteiger partial charge in [0.2, 0.25) is 0 Å². The molecule has 2 rings (SSSR count). The van der Waals surface area contributed by atoms with Gasteiger partial charge in [-0.2, -0.15) is 0 Å². The summed E-state index contributed by atoms with van der Waals surface area (Å²) in [4.78, 5) is 15.1. The second-order valence-corrected chi connectivity index (χ2v) is 6.70. The molecule has 122 valence electrons. The fraction of sp³-hybridized carbons (Fsp3) is 0.588. The summed E-state index contributed by atoms with van der Waals surface area (Å²) in [7, 11) is 0. The van der Waals surface area contributed by atoms with Crippen LogP contribution in [0, 0.1) is 0 Å². The van der Waals surface area contributed by atoms with Crippen LogP contribution < -0.4 is 10.6 Å². The van der Waals surface area contributed by atoms with E-state index < -0.39 is 0 Å². The van der Waals surface area contributed by atoms with Crippen LogP contribution in [0.4, 0.5) is 4.79 Å². The SMILES string of the molecule is CCNC(=O)N1CCC(NC(C)Cc2ccccc2SC)C1. The summed E-state index contributed by atoms with van der Waals surface area (Å²) >= 11 is 1.80. The lowest BCUT2D eigenvalue weighted by atomic mass is 10.1. The Kier molecular flexibility index (Phi) is 6.58. The monoisotopic (exact) mass is 321 g/mol. The van der Waals surface area contributed by atoms with Gasteiger partial charge < -0.3 is 15.5 Å². The van der Waals surface area contributed by atoms with Crippen LogP contribution in [0.1, 0.15) is 25.8 Å². The van der Waals surface area contributed by atoms with Crippen molar-refractivity contribution in [1.82, 2.24) is 15.5 Å². The number of hydrogen-bond acceptors (Lipinski definition) is 3. The molecule has 2 unspecified atom stereocenters. The van der Waals surface area contributed by atoms with E-state index in [9.17, 15) is 4.79 Å². The molecule has 5 heteroatoms. The van der Waals surface area contributed by atoms with Crippen LogP contribution in [0.3, 0.4) is 0 Å². The molecule has 1 aromatic rings. The maximum absolute atomic E-state index is 11.8. The zero-order valence-electron chi connectivity index (χ0n) is 13.8. The zero-order chi connectivity index (χ0) is 15.9. The minimum absolute atomic E-state index is 0.0622. The summed E-state index contributed by atoms with van der Waals surface area (Å²) < 4.78 is 0. The second-order valence-electron chi connectivity index (χ2n) is 5.85. The molecule has 0 aromatic heterocycles. The van der Waals surface area contributed by atoms with Crippen molar-refractivity contribution in [3.05, 3.63) is 29.8 Å². The molecule has 2 N–H and O–H groups in total. The smallest absolute Gasteiger partial charge is 0.317 e. The van der Waals surface area contributed by atoms with E-state index in [0.29, 0.717) is 18.6 Å². The number of carbonyl (C=O) groups is 1. The lowest BCUT2D eigenvalue weighted by Gasteiger charge is -2.21. The Balaban J connectivity index is 1.83. The van der Waals surface area contributed by atoms with Gasteiger partial charge in [-0.25, -0.2) is 4.79 Å². The highest BCUT2D eigenvalue weighted by Gasteiger charge is 2.26. The summed E-state index contributed by atoms with van der Waals surface area (Å²) in [5.74, 6) is 0. The van der Waals surface area contributed by atoms with Crippen molar-refractivity contribution in [1.29, 1.82) is 0 Å². The molecule has 1 fully saturated rings. The van der Waals surface area contributed by atoms with Gasteiger partial charge in [-0.1, -0.05) is 18.2 Å². The predicted molar refractivity (Wildman–Crippen MR) is 93.6 cm³/mol. The van der Waals surface area contributed by atoms with Crippen LogP contribution in [0.25, 0.3) is 0 Å². The first-order valence-electron chi connectivity index (χ1n) is 8.04. The molecule has 0 aliphatic carbocycles. The average Bonchev–Trinajstić information content (AvgIpc) is 2.96. The van der Waals surface area contributed by atoms with E-state index in [4.69, 9.17) is 0 Å². The first-order chi connectivity index (χ1) is 10.6. The molecule has 1 aromatic carbocycles. The van der Waals surface area contributed by atoms with Crippen LogP contribution in [0.2, 0.25) is 0 Å². The molecule has 1 aliphatic rings. The molecule has 2 atom stereocenters. The summed E-state index contributed by atoms with van der Waals surface area (Å²) in [6, 6.07) is 9.46. The fourth-order valence-electron chi connectivity index (χ4n) is 3.01. The van der Waals surface area contributed by atoms with Crippen molar-refractivity contribution in [2.24, 2.45) is 0 Å². The van der Waals surface area contributed by atoms with Crippen molar-refractivity contribution >= 4 is 17.8 Å². The third kappa shape index (κ3) is 4.65. The number of carbonyl (C=O) groups excluding carboxylic acids is 1. The lowest BCUT2D eigenvalue weighted by Crippen LogP contribution is -2.43. The summed E-state index contributed by atoms with van der Waals surface area (Å²) in [6.45, 7) is 6.52. The third-order valence-electron chi connectivity index (χ3n) is 4.04. The largest absolute Gasteiger partial charge is 0.338 e. The van der Waals surface area contributed by atoms with Crippen LogP contribution in [0.5, 0.6) is 0 Å². The van der Waals surface area contributed by atoms with Crippen LogP contribution in [0.15, 0.2) is 29.2 Å². The molecule has 1 aliphatic heterocycles. The standard InChI is InChI=1S/C17H27N3OS/c1-4-18-17(21)20-10-9-15(12-20)19-13(2)11-14-7-5-6-8-16(14)22-3/h5-8,13,15,19H,4,9-12H2,1-3H3,(H,18,21). The molecule has 22 heavy (non-hydrogen) atoms. The summed E-state index contributed by atoms with van der Waals surface area (Å²) in [6.07, 6.45) is 4.18. The molecule has 0 spiro atoms. The average molecular weight is 321 g/mol. The maximum atomic E-state index is 11.8. The van der Waals surface area contributed by atoms with E-state index in [-0.39, 0.29) is 6.03 Å². The van der Waals surface area contributed by atoms with Crippen LogP contribution in [-0.2, 0) is 6.42 Å². The topological polar surface area (TPSA) is 44.4 Å². The van der Waals surface area contributed by atoms with E-state index in [0.717, 1.165) is 25.9 Å². The number of rotatable bonds is 6. The molecule has 1 heterocycles. The van der Waals surface area contributed by atoms with Crippen molar-refractivity contribution in [2.45, 2.75) is 43.7 Å². The minimum Gasteiger partial charge on any atom is -0.338 e. The number of nitrogens with zero attached hydrogens (tertiary/aromatic N) is 1. The van der Waals surface area contributed by atoms with E-state index in [1.54, 1.807) is 11.8 Å². The molecule has 0 bridgehead atoms. The molecular formula is C17H27N3OS. The number of urea groups is 1. The van der Waals surface area contributed by atoms with Gasteiger partial charge in [0.15, 0.2) is 0 Å². The highest BCUT2D eigenvalue weighted by molar-refractivity contribution is 7.98. The van der Waals surface area contributed by atoms with Crippen molar-refractivity contribution in [3.63, 3.8) is 0 Å². The van der Waals surface area contributed by atoms with Crippen LogP contribution >= 0.6 is 11.8 Å². The molecular weight excluding hydrogens is 294 g/mol. The molecule has 4 nitrogen and oxygen atoms in total. The van der Waals surface area contributed by atoms with Gasteiger partial charge in [0.25, 0.3) is 0 Å². The molecule has 0 radical (unpaired) electrons. The molecule has 0 saturated carbocycles. The number of benzene rings is 1. The van der Waals surface area contributed by atoms with Gasteiger partial charge in [0.1, 0.15) is 0 Å². The van der Waals surface area contributed by atoms with Gasteiger partial charge >= 0.3 is 6.03 Å². The Hall–Kier alpha value is -1.20. The van der Waals surface area contributed by atoms with Gasteiger partial charge in [0, 0.05) is 36.6 Å². The number of amides is 2. The van der Waals surface area contributed by atoms with E-state index in [2.05, 4.69) is 48.1 Å². The highest BCUT2D eigenvalue weighted by Crippen LogP contribution is 2.21. The fourth-order valence-corrected chi connectivity index (χ4v) is 3.63. The highest BCUT2D eigenvalue weighted by atomic mass is 32.2. The Morgan fingerprint density at radius 3 is 2.95 bits per heavy atom. The maximum Gasteiger partial charge on any atom is 0.317 e. The van der Waals surface area contributed by atoms with Gasteiger partial charge in [-0.05, 0) is 44.6 Å². The first-order valence-corrected chi connectivity index (χ1v) is 9.27. The Bertz CT molecular complexity index is 495. The van der Waals surface area contributed by atoms with E-state index >= 15 is 0 Å². The number of hydrogen-bond donors (Lipinski definition) is 2. The quantitative estimate of drug-likeness (QED) is 0.792. The normalized spacial score (nSPS) is 19.2. The van der Waals surface area contributed by atoms with Gasteiger partial charge in [-0.3, -0.25) is 0 Å².